The van der Waals surface area contributed by atoms with Crippen molar-refractivity contribution in [3.05, 3.63) is 77.9 Å². The minimum Gasteiger partial charge on any atom is -0.497 e. The molecule has 3 aromatic carbocycles. The number of thiophene rings is 1. The topological polar surface area (TPSA) is 65.1 Å². The number of carbonyl (C=O) groups is 2. The summed E-state index contributed by atoms with van der Waals surface area (Å²) >= 11 is 1.58. The molecule has 1 amide bonds. The maximum atomic E-state index is 14.0. The van der Waals surface area contributed by atoms with E-state index in [0.29, 0.717) is 23.5 Å². The first-order valence-electron chi connectivity index (χ1n) is 14.0. The van der Waals surface area contributed by atoms with E-state index in [1.807, 2.05) is 92.4 Å². The smallest absolute Gasteiger partial charge is 0.228 e. The van der Waals surface area contributed by atoms with Gasteiger partial charge in [-0.1, -0.05) is 20.8 Å². The average molecular weight is 572 g/mol. The maximum Gasteiger partial charge on any atom is 0.228 e. The van der Waals surface area contributed by atoms with Crippen LogP contribution in [0.15, 0.2) is 66.7 Å². The summed E-state index contributed by atoms with van der Waals surface area (Å²) in [6, 6.07) is 21.0. The first-order chi connectivity index (χ1) is 19.7. The van der Waals surface area contributed by atoms with Crippen LogP contribution in [0.3, 0.4) is 0 Å². The number of ether oxygens (including phenoxy) is 3. The number of benzene rings is 3. The van der Waals surface area contributed by atoms with E-state index in [-0.39, 0.29) is 17.7 Å². The second-order valence-electron chi connectivity index (χ2n) is 11.5. The monoisotopic (exact) mass is 571 g/mol. The van der Waals surface area contributed by atoms with Crippen molar-refractivity contribution in [3.63, 3.8) is 0 Å². The molecule has 0 spiro atoms. The van der Waals surface area contributed by atoms with Gasteiger partial charge in [0, 0.05) is 38.0 Å². The molecule has 4 aromatic rings. The fourth-order valence-corrected chi connectivity index (χ4v) is 6.52. The number of piperidine rings is 1. The Morgan fingerprint density at radius 3 is 2.20 bits per heavy atom. The zero-order chi connectivity index (χ0) is 29.1. The molecule has 0 saturated carbocycles. The maximum absolute atomic E-state index is 14.0. The highest BCUT2D eigenvalue weighted by molar-refractivity contribution is 7.22. The molecule has 1 aliphatic heterocycles. The quantitative estimate of drug-likeness (QED) is 0.204. The number of rotatable bonds is 8. The van der Waals surface area contributed by atoms with Crippen LogP contribution in [-0.2, 0) is 4.79 Å². The molecule has 1 unspecified atom stereocenters. The number of ketones is 1. The first kappa shape index (κ1) is 28.7. The van der Waals surface area contributed by atoms with Crippen molar-refractivity contribution in [1.29, 1.82) is 0 Å². The van der Waals surface area contributed by atoms with E-state index in [1.54, 1.807) is 25.6 Å². The summed E-state index contributed by atoms with van der Waals surface area (Å²) in [6.07, 6.45) is 3.05. The lowest BCUT2D eigenvalue weighted by Crippen LogP contribution is -2.50. The summed E-state index contributed by atoms with van der Waals surface area (Å²) in [5.41, 5.74) is 1.80. The van der Waals surface area contributed by atoms with Crippen LogP contribution in [0.4, 0.5) is 0 Å². The second-order valence-corrected chi connectivity index (χ2v) is 12.5. The Balaban J connectivity index is 1.39. The van der Waals surface area contributed by atoms with Gasteiger partial charge < -0.3 is 19.1 Å². The van der Waals surface area contributed by atoms with Crippen LogP contribution in [0.2, 0.25) is 0 Å². The summed E-state index contributed by atoms with van der Waals surface area (Å²) < 4.78 is 17.9. The van der Waals surface area contributed by atoms with E-state index < -0.39 is 5.41 Å². The van der Waals surface area contributed by atoms with Gasteiger partial charge in [-0.15, -0.1) is 11.3 Å². The first-order valence-corrected chi connectivity index (χ1v) is 14.8. The van der Waals surface area contributed by atoms with Crippen LogP contribution in [0, 0.1) is 5.41 Å². The zero-order valence-electron chi connectivity index (χ0n) is 24.4. The van der Waals surface area contributed by atoms with Gasteiger partial charge in [0.05, 0.1) is 20.3 Å². The van der Waals surface area contributed by atoms with Gasteiger partial charge in [-0.25, -0.2) is 0 Å². The number of hydrogen-bond donors (Lipinski definition) is 0. The molecule has 1 atom stereocenters. The Morgan fingerprint density at radius 2 is 1.54 bits per heavy atom. The highest BCUT2D eigenvalue weighted by Gasteiger charge is 2.34. The predicted molar refractivity (Wildman–Crippen MR) is 165 cm³/mol. The summed E-state index contributed by atoms with van der Waals surface area (Å²) in [7, 11) is 3.28. The Kier molecular flexibility index (Phi) is 8.36. The van der Waals surface area contributed by atoms with Crippen molar-refractivity contribution in [2.24, 2.45) is 5.41 Å². The van der Waals surface area contributed by atoms with Gasteiger partial charge in [-0.3, -0.25) is 9.59 Å². The van der Waals surface area contributed by atoms with Crippen molar-refractivity contribution in [2.75, 3.05) is 27.4 Å². The van der Waals surface area contributed by atoms with Crippen LogP contribution in [0.25, 0.3) is 20.5 Å². The molecule has 7 heteroatoms. The Bertz CT molecular complexity index is 1530. The highest BCUT2D eigenvalue weighted by atomic mass is 32.1. The van der Waals surface area contributed by atoms with Gasteiger partial charge in [0.25, 0.3) is 0 Å². The molecule has 6 nitrogen and oxygen atoms in total. The van der Waals surface area contributed by atoms with Crippen LogP contribution in [0.1, 0.15) is 56.0 Å². The van der Waals surface area contributed by atoms with E-state index in [1.165, 1.54) is 0 Å². The minimum atomic E-state index is -0.417. The van der Waals surface area contributed by atoms with E-state index >= 15 is 0 Å². The van der Waals surface area contributed by atoms with Crippen molar-refractivity contribution in [2.45, 2.75) is 46.1 Å². The normalized spacial score (nSPS) is 15.5. The molecule has 0 aliphatic carbocycles. The van der Waals surface area contributed by atoms with Crippen LogP contribution in [-0.4, -0.2) is 50.0 Å². The number of amides is 1. The molecule has 214 valence electrons. The number of nitrogens with zero attached hydrogens (tertiary/aromatic N) is 1. The largest absolute Gasteiger partial charge is 0.497 e. The molecule has 41 heavy (non-hydrogen) atoms. The van der Waals surface area contributed by atoms with Gasteiger partial charge in [0.2, 0.25) is 5.91 Å². The lowest BCUT2D eigenvalue weighted by atomic mass is 9.91. The van der Waals surface area contributed by atoms with Gasteiger partial charge in [-0.2, -0.15) is 0 Å². The second kappa shape index (κ2) is 12.0. The Morgan fingerprint density at radius 1 is 0.878 bits per heavy atom. The van der Waals surface area contributed by atoms with E-state index in [0.717, 1.165) is 57.8 Å². The molecule has 1 fully saturated rings. The van der Waals surface area contributed by atoms with E-state index in [4.69, 9.17) is 14.2 Å². The van der Waals surface area contributed by atoms with Gasteiger partial charge >= 0.3 is 0 Å². The van der Waals surface area contributed by atoms with Crippen molar-refractivity contribution in [1.82, 2.24) is 4.90 Å². The third-order valence-electron chi connectivity index (χ3n) is 7.56. The fraction of sp³-hybridized carbons (Fsp3) is 0.353. The van der Waals surface area contributed by atoms with Crippen LogP contribution < -0.4 is 14.2 Å². The standard InChI is InChI=1S/C34H37NO5S/c1-34(2,3)33(37)35-19-7-6-8-24(35)21-40-26-15-9-22(10-16-26)31(36)30-28-18-17-27(39-5)20-29(28)41-32(30)23-11-13-25(38-4)14-12-23/h9-18,20,24H,6-8,19,21H2,1-5H3. The molecule has 2 heterocycles. The van der Waals surface area contributed by atoms with Gasteiger partial charge in [0.1, 0.15) is 23.9 Å². The number of likely N-dealkylation sites (tertiary alicyclic amines) is 1. The lowest BCUT2D eigenvalue weighted by molar-refractivity contribution is -0.144. The summed E-state index contributed by atoms with van der Waals surface area (Å²) in [6.45, 7) is 7.10. The molecule has 1 saturated heterocycles. The zero-order valence-corrected chi connectivity index (χ0v) is 25.2. The summed E-state index contributed by atoms with van der Waals surface area (Å²) in [5, 5.41) is 0.896. The van der Waals surface area contributed by atoms with Gasteiger partial charge in [-0.05, 0) is 91.6 Å². The molecule has 0 radical (unpaired) electrons. The minimum absolute atomic E-state index is 0.0481. The summed E-state index contributed by atoms with van der Waals surface area (Å²) in [4.78, 5) is 29.9. The number of methoxy groups -OCH3 is 2. The van der Waals surface area contributed by atoms with Gasteiger partial charge in [0.15, 0.2) is 5.78 Å². The third kappa shape index (κ3) is 6.10. The van der Waals surface area contributed by atoms with Crippen molar-refractivity contribution < 1.29 is 23.8 Å². The Hall–Kier alpha value is -3.84. The number of fused-ring (bicyclic) bond motifs is 1. The predicted octanol–water partition coefficient (Wildman–Crippen LogP) is 7.62. The molecular weight excluding hydrogens is 534 g/mol. The molecular formula is C34H37NO5S. The fourth-order valence-electron chi connectivity index (χ4n) is 5.29. The molecule has 1 aromatic heterocycles. The van der Waals surface area contributed by atoms with Crippen molar-refractivity contribution in [3.8, 4) is 27.7 Å². The van der Waals surface area contributed by atoms with Crippen LogP contribution >= 0.6 is 11.3 Å². The average Bonchev–Trinajstić information content (AvgIpc) is 3.38. The van der Waals surface area contributed by atoms with E-state index in [2.05, 4.69) is 0 Å². The third-order valence-corrected chi connectivity index (χ3v) is 8.77. The molecule has 5 rings (SSSR count). The molecule has 1 aliphatic rings. The molecule has 0 N–H and O–H groups in total. The highest BCUT2D eigenvalue weighted by Crippen LogP contribution is 2.41. The van der Waals surface area contributed by atoms with Crippen molar-refractivity contribution >= 4 is 33.1 Å². The Labute approximate surface area is 245 Å². The number of hydrogen-bond acceptors (Lipinski definition) is 6. The molecule has 0 bridgehead atoms. The van der Waals surface area contributed by atoms with E-state index in [9.17, 15) is 9.59 Å². The SMILES string of the molecule is COc1ccc(-c2sc3cc(OC)ccc3c2C(=O)c2ccc(OCC3CCCCN3C(=O)C(C)(C)C)cc2)cc1. The van der Waals surface area contributed by atoms with Crippen LogP contribution in [0.5, 0.6) is 17.2 Å². The summed E-state index contributed by atoms with van der Waals surface area (Å²) in [5.74, 6) is 2.32. The number of carbonyl (C=O) groups excluding carboxylic acids is 2. The lowest BCUT2D eigenvalue weighted by Gasteiger charge is -2.39.